The Kier molecular flexibility index (Phi) is 5.79. The summed E-state index contributed by atoms with van der Waals surface area (Å²) in [6, 6.07) is 12.1. The van der Waals surface area contributed by atoms with Gasteiger partial charge < -0.3 is 10.1 Å². The second-order valence-corrected chi connectivity index (χ2v) is 6.47. The summed E-state index contributed by atoms with van der Waals surface area (Å²) in [6.07, 6.45) is 0.338. The lowest BCUT2D eigenvalue weighted by Gasteiger charge is -2.13. The topological polar surface area (TPSA) is 38.3 Å². The van der Waals surface area contributed by atoms with Crippen LogP contribution in [-0.4, -0.2) is 13.1 Å². The molecule has 1 aromatic carbocycles. The van der Waals surface area contributed by atoms with Crippen LogP contribution in [0.1, 0.15) is 28.3 Å². The molecule has 5 heteroatoms. The van der Waals surface area contributed by atoms with Crippen LogP contribution in [0.4, 0.5) is 0 Å². The Labute approximate surface area is 133 Å². The zero-order valence-corrected chi connectivity index (χ0v) is 13.6. The van der Waals surface area contributed by atoms with Gasteiger partial charge in [0.15, 0.2) is 0 Å². The van der Waals surface area contributed by atoms with Gasteiger partial charge in [0, 0.05) is 27.4 Å². The third-order valence-electron chi connectivity index (χ3n) is 3.19. The molecule has 0 aliphatic heterocycles. The van der Waals surface area contributed by atoms with E-state index in [1.165, 1.54) is 12.0 Å². The molecule has 1 aromatic heterocycles. The highest BCUT2D eigenvalue weighted by molar-refractivity contribution is 7.12. The van der Waals surface area contributed by atoms with Gasteiger partial charge in [-0.3, -0.25) is 4.79 Å². The molecule has 0 fully saturated rings. The highest BCUT2D eigenvalue weighted by Crippen LogP contribution is 2.20. The van der Waals surface area contributed by atoms with Crippen molar-refractivity contribution in [1.29, 1.82) is 0 Å². The van der Waals surface area contributed by atoms with Crippen molar-refractivity contribution in [2.75, 3.05) is 7.11 Å². The summed E-state index contributed by atoms with van der Waals surface area (Å²) in [5.74, 6) is -0.205. The number of rotatable bonds is 6. The van der Waals surface area contributed by atoms with Crippen LogP contribution in [0.15, 0.2) is 36.4 Å². The third kappa shape index (κ3) is 4.84. The van der Waals surface area contributed by atoms with Gasteiger partial charge in [0.25, 0.3) is 0 Å². The fourth-order valence-corrected chi connectivity index (χ4v) is 3.13. The fourth-order valence-electron chi connectivity index (χ4n) is 1.97. The standard InChI is InChI=1S/C16H18ClNO2S/c1-11(12-4-3-5-13(17)8-12)18-10-15-7-6-14(21-15)9-16(19)20-2/h3-8,11,18H,9-10H2,1-2H3/t11-/m0/s1. The summed E-state index contributed by atoms with van der Waals surface area (Å²) < 4.78 is 4.67. The molecule has 0 saturated carbocycles. The summed E-state index contributed by atoms with van der Waals surface area (Å²) in [5, 5.41) is 4.21. The maximum absolute atomic E-state index is 11.2. The van der Waals surface area contributed by atoms with Gasteiger partial charge in [-0.1, -0.05) is 23.7 Å². The van der Waals surface area contributed by atoms with Crippen molar-refractivity contribution < 1.29 is 9.53 Å². The molecule has 3 nitrogen and oxygen atoms in total. The monoisotopic (exact) mass is 323 g/mol. The van der Waals surface area contributed by atoms with Crippen LogP contribution < -0.4 is 5.32 Å². The van der Waals surface area contributed by atoms with E-state index in [4.69, 9.17) is 11.6 Å². The first-order valence-electron chi connectivity index (χ1n) is 6.71. The summed E-state index contributed by atoms with van der Waals surface area (Å²) in [4.78, 5) is 13.4. The first-order chi connectivity index (χ1) is 10.1. The van der Waals surface area contributed by atoms with Crippen molar-refractivity contribution in [2.45, 2.75) is 25.9 Å². The molecule has 0 unspecified atom stereocenters. The highest BCUT2D eigenvalue weighted by Gasteiger charge is 2.08. The molecule has 1 N–H and O–H groups in total. The Morgan fingerprint density at radius 1 is 1.33 bits per heavy atom. The normalized spacial score (nSPS) is 12.1. The minimum Gasteiger partial charge on any atom is -0.469 e. The number of thiophene rings is 1. The average Bonchev–Trinajstić information content (AvgIpc) is 2.92. The molecule has 1 heterocycles. The number of nitrogens with one attached hydrogen (secondary N) is 1. The highest BCUT2D eigenvalue weighted by atomic mass is 35.5. The number of benzene rings is 1. The molecule has 0 aliphatic carbocycles. The van der Waals surface area contributed by atoms with Crippen molar-refractivity contribution in [1.82, 2.24) is 5.32 Å². The zero-order valence-electron chi connectivity index (χ0n) is 12.1. The number of ether oxygens (including phenoxy) is 1. The summed E-state index contributed by atoms with van der Waals surface area (Å²) >= 11 is 7.63. The molecule has 2 rings (SSSR count). The van der Waals surface area contributed by atoms with Gasteiger partial charge in [-0.05, 0) is 36.8 Å². The summed E-state index contributed by atoms with van der Waals surface area (Å²) in [7, 11) is 1.41. The predicted molar refractivity (Wildman–Crippen MR) is 86.7 cm³/mol. The average molecular weight is 324 g/mol. The van der Waals surface area contributed by atoms with Gasteiger partial charge in [0.1, 0.15) is 0 Å². The lowest BCUT2D eigenvalue weighted by Crippen LogP contribution is -2.17. The molecule has 0 aliphatic rings. The number of hydrogen-bond donors (Lipinski definition) is 1. The van der Waals surface area contributed by atoms with Crippen molar-refractivity contribution >= 4 is 28.9 Å². The van der Waals surface area contributed by atoms with E-state index in [0.717, 1.165) is 22.0 Å². The van der Waals surface area contributed by atoms with Gasteiger partial charge >= 0.3 is 5.97 Å². The SMILES string of the molecule is COC(=O)Cc1ccc(CN[C@@H](C)c2cccc(Cl)c2)s1. The smallest absolute Gasteiger partial charge is 0.310 e. The maximum atomic E-state index is 11.2. The van der Waals surface area contributed by atoms with Crippen molar-refractivity contribution in [3.8, 4) is 0 Å². The van der Waals surface area contributed by atoms with E-state index in [0.29, 0.717) is 6.42 Å². The number of esters is 1. The second-order valence-electron chi connectivity index (χ2n) is 4.78. The van der Waals surface area contributed by atoms with E-state index < -0.39 is 0 Å². The van der Waals surface area contributed by atoms with Crippen LogP contribution in [0.2, 0.25) is 5.02 Å². The minimum absolute atomic E-state index is 0.205. The number of carbonyl (C=O) groups excluding carboxylic acids is 1. The first kappa shape index (κ1) is 16.0. The van der Waals surface area contributed by atoms with E-state index in [-0.39, 0.29) is 12.0 Å². The maximum Gasteiger partial charge on any atom is 0.310 e. The van der Waals surface area contributed by atoms with Gasteiger partial charge in [-0.25, -0.2) is 0 Å². The molecule has 0 saturated heterocycles. The van der Waals surface area contributed by atoms with Crippen molar-refractivity contribution in [3.05, 3.63) is 56.7 Å². The first-order valence-corrected chi connectivity index (χ1v) is 7.91. The van der Waals surface area contributed by atoms with E-state index in [9.17, 15) is 4.79 Å². The Morgan fingerprint density at radius 3 is 2.81 bits per heavy atom. The fraction of sp³-hybridized carbons (Fsp3) is 0.312. The molecule has 0 radical (unpaired) electrons. The van der Waals surface area contributed by atoms with Gasteiger partial charge in [0.05, 0.1) is 13.5 Å². The zero-order chi connectivity index (χ0) is 15.2. The Hall–Kier alpha value is -1.36. The van der Waals surface area contributed by atoms with E-state index in [2.05, 4.69) is 23.0 Å². The second kappa shape index (κ2) is 7.59. The number of methoxy groups -OCH3 is 1. The summed E-state index contributed by atoms with van der Waals surface area (Å²) in [5.41, 5.74) is 1.16. The van der Waals surface area contributed by atoms with Crippen LogP contribution in [0, 0.1) is 0 Å². The van der Waals surface area contributed by atoms with Gasteiger partial charge in [-0.15, -0.1) is 11.3 Å². The van der Waals surface area contributed by atoms with E-state index in [1.54, 1.807) is 11.3 Å². The Balaban J connectivity index is 1.89. The van der Waals surface area contributed by atoms with Crippen LogP contribution in [0.3, 0.4) is 0 Å². The lowest BCUT2D eigenvalue weighted by atomic mass is 10.1. The van der Waals surface area contributed by atoms with E-state index >= 15 is 0 Å². The Bertz CT molecular complexity index is 612. The lowest BCUT2D eigenvalue weighted by molar-refractivity contribution is -0.139. The van der Waals surface area contributed by atoms with Crippen LogP contribution in [-0.2, 0) is 22.5 Å². The van der Waals surface area contributed by atoms with Gasteiger partial charge in [0.2, 0.25) is 0 Å². The van der Waals surface area contributed by atoms with Gasteiger partial charge in [-0.2, -0.15) is 0 Å². The Morgan fingerprint density at radius 2 is 2.10 bits per heavy atom. The molecule has 0 amide bonds. The molecule has 1 atom stereocenters. The molecule has 2 aromatic rings. The minimum atomic E-state index is -0.205. The molecule has 0 spiro atoms. The van der Waals surface area contributed by atoms with E-state index in [1.807, 2.05) is 30.3 Å². The third-order valence-corrected chi connectivity index (χ3v) is 4.52. The van der Waals surface area contributed by atoms with Crippen LogP contribution >= 0.6 is 22.9 Å². The number of hydrogen-bond acceptors (Lipinski definition) is 4. The molecule has 21 heavy (non-hydrogen) atoms. The molecular formula is C16H18ClNO2S. The molecular weight excluding hydrogens is 306 g/mol. The van der Waals surface area contributed by atoms with Crippen molar-refractivity contribution in [2.24, 2.45) is 0 Å². The number of carbonyl (C=O) groups is 1. The summed E-state index contributed by atoms with van der Waals surface area (Å²) in [6.45, 7) is 2.87. The van der Waals surface area contributed by atoms with Crippen LogP contribution in [0.5, 0.6) is 0 Å². The largest absolute Gasteiger partial charge is 0.469 e. The molecule has 0 bridgehead atoms. The predicted octanol–water partition coefficient (Wildman–Crippen LogP) is 3.97. The number of halogens is 1. The quantitative estimate of drug-likeness (QED) is 0.817. The molecule has 112 valence electrons. The van der Waals surface area contributed by atoms with Crippen LogP contribution in [0.25, 0.3) is 0 Å². The van der Waals surface area contributed by atoms with Crippen molar-refractivity contribution in [3.63, 3.8) is 0 Å².